The predicted molar refractivity (Wildman–Crippen MR) is 74.2 cm³/mol. The van der Waals surface area contributed by atoms with Crippen molar-refractivity contribution in [2.45, 2.75) is 26.1 Å². The highest BCUT2D eigenvalue weighted by Crippen LogP contribution is 2.37. The molecule has 1 N–H and O–H groups in total. The van der Waals surface area contributed by atoms with E-state index in [2.05, 4.69) is 5.32 Å². The van der Waals surface area contributed by atoms with Gasteiger partial charge in [0.25, 0.3) is 5.69 Å². The van der Waals surface area contributed by atoms with Crippen LogP contribution in [-0.4, -0.2) is 22.5 Å². The number of rotatable bonds is 6. The van der Waals surface area contributed by atoms with Gasteiger partial charge < -0.3 is 5.32 Å². The van der Waals surface area contributed by atoms with E-state index >= 15 is 0 Å². The SMILES string of the molecule is CCSCC(C)Nc1ccc([N+](=O)[O-])cc1C(F)(F)F. The molecular weight excluding hydrogens is 293 g/mol. The smallest absolute Gasteiger partial charge is 0.381 e. The molecule has 0 aromatic heterocycles. The number of thioether (sulfide) groups is 1. The highest BCUT2D eigenvalue weighted by Gasteiger charge is 2.35. The Labute approximate surface area is 118 Å². The summed E-state index contributed by atoms with van der Waals surface area (Å²) in [5, 5.41) is 13.3. The molecule has 0 aliphatic rings. The van der Waals surface area contributed by atoms with E-state index in [9.17, 15) is 23.3 Å². The standard InChI is InChI=1S/C12H15F3N2O2S/c1-3-20-7-8(2)16-11-5-4-9(17(18)19)6-10(11)12(13,14)15/h4-6,8,16H,3,7H2,1-2H3. The van der Waals surface area contributed by atoms with Gasteiger partial charge >= 0.3 is 6.18 Å². The molecule has 0 aliphatic carbocycles. The maximum Gasteiger partial charge on any atom is 0.418 e. The zero-order chi connectivity index (χ0) is 15.3. The Kier molecular flexibility index (Phi) is 5.67. The van der Waals surface area contributed by atoms with Crippen LogP contribution in [0.5, 0.6) is 0 Å². The summed E-state index contributed by atoms with van der Waals surface area (Å²) in [6.07, 6.45) is -4.63. The number of nitro groups is 1. The van der Waals surface area contributed by atoms with Gasteiger partial charge in [-0.2, -0.15) is 24.9 Å². The van der Waals surface area contributed by atoms with E-state index in [0.29, 0.717) is 11.8 Å². The fourth-order valence-electron chi connectivity index (χ4n) is 1.61. The third kappa shape index (κ3) is 4.59. The van der Waals surface area contributed by atoms with Crippen molar-refractivity contribution in [3.8, 4) is 0 Å². The number of hydrogen-bond acceptors (Lipinski definition) is 4. The van der Waals surface area contributed by atoms with E-state index < -0.39 is 22.4 Å². The molecule has 1 aromatic carbocycles. The average Bonchev–Trinajstić information content (AvgIpc) is 2.35. The van der Waals surface area contributed by atoms with E-state index in [1.54, 1.807) is 18.7 Å². The van der Waals surface area contributed by atoms with Gasteiger partial charge in [0.15, 0.2) is 0 Å². The summed E-state index contributed by atoms with van der Waals surface area (Å²) in [5.74, 6) is 1.53. The summed E-state index contributed by atoms with van der Waals surface area (Å²) in [4.78, 5) is 9.73. The number of hydrogen-bond donors (Lipinski definition) is 1. The van der Waals surface area contributed by atoms with Gasteiger partial charge in [0.05, 0.1) is 10.5 Å². The molecule has 0 saturated carbocycles. The van der Waals surface area contributed by atoms with Gasteiger partial charge in [-0.3, -0.25) is 10.1 Å². The lowest BCUT2D eigenvalue weighted by molar-refractivity contribution is -0.385. The average molecular weight is 308 g/mol. The van der Waals surface area contributed by atoms with Gasteiger partial charge in [0, 0.05) is 29.6 Å². The van der Waals surface area contributed by atoms with Gasteiger partial charge in [-0.1, -0.05) is 6.92 Å². The number of anilines is 1. The minimum atomic E-state index is -4.63. The molecule has 0 aliphatic heterocycles. The number of benzene rings is 1. The summed E-state index contributed by atoms with van der Waals surface area (Å²) in [6, 6.07) is 2.57. The molecule has 0 amide bonds. The lowest BCUT2D eigenvalue weighted by atomic mass is 10.1. The minimum Gasteiger partial charge on any atom is -0.381 e. The van der Waals surface area contributed by atoms with Crippen LogP contribution in [-0.2, 0) is 6.18 Å². The first-order valence-electron chi connectivity index (χ1n) is 5.95. The summed E-state index contributed by atoms with van der Waals surface area (Å²) in [5.41, 5.74) is -1.72. The van der Waals surface area contributed by atoms with Gasteiger partial charge in [-0.05, 0) is 18.7 Å². The van der Waals surface area contributed by atoms with Crippen LogP contribution in [0.3, 0.4) is 0 Å². The highest BCUT2D eigenvalue weighted by molar-refractivity contribution is 7.99. The molecule has 1 rings (SSSR count). The molecule has 8 heteroatoms. The number of alkyl halides is 3. The van der Waals surface area contributed by atoms with Crippen molar-refractivity contribution in [3.63, 3.8) is 0 Å². The second kappa shape index (κ2) is 6.83. The third-order valence-electron chi connectivity index (χ3n) is 2.49. The monoisotopic (exact) mass is 308 g/mol. The molecule has 0 radical (unpaired) electrons. The van der Waals surface area contributed by atoms with Gasteiger partial charge in [-0.15, -0.1) is 0 Å². The van der Waals surface area contributed by atoms with Crippen molar-refractivity contribution in [1.82, 2.24) is 0 Å². The Morgan fingerprint density at radius 3 is 2.60 bits per heavy atom. The van der Waals surface area contributed by atoms with E-state index in [1.165, 1.54) is 0 Å². The molecule has 20 heavy (non-hydrogen) atoms. The van der Waals surface area contributed by atoms with Crippen molar-refractivity contribution < 1.29 is 18.1 Å². The Morgan fingerprint density at radius 2 is 2.10 bits per heavy atom. The maximum absolute atomic E-state index is 12.9. The van der Waals surface area contributed by atoms with Gasteiger partial charge in [-0.25, -0.2) is 0 Å². The molecule has 0 bridgehead atoms. The molecular formula is C12H15F3N2O2S. The summed E-state index contributed by atoms with van der Waals surface area (Å²) < 4.78 is 38.8. The molecule has 1 atom stereocenters. The fraction of sp³-hybridized carbons (Fsp3) is 0.500. The second-order valence-corrected chi connectivity index (χ2v) is 5.51. The molecule has 0 saturated heterocycles. The predicted octanol–water partition coefficient (Wildman–Crippen LogP) is 4.17. The largest absolute Gasteiger partial charge is 0.418 e. The van der Waals surface area contributed by atoms with Crippen LogP contribution in [0.25, 0.3) is 0 Å². The summed E-state index contributed by atoms with van der Waals surface area (Å²) in [7, 11) is 0. The van der Waals surface area contributed by atoms with Crippen LogP contribution in [0.2, 0.25) is 0 Å². The topological polar surface area (TPSA) is 55.2 Å². The van der Waals surface area contributed by atoms with Crippen LogP contribution >= 0.6 is 11.8 Å². The number of nitro benzene ring substituents is 1. The Hall–Kier alpha value is -1.44. The van der Waals surface area contributed by atoms with E-state index in [-0.39, 0.29) is 11.7 Å². The molecule has 0 heterocycles. The molecule has 0 fully saturated rings. The maximum atomic E-state index is 12.9. The van der Waals surface area contributed by atoms with Crippen molar-refractivity contribution in [3.05, 3.63) is 33.9 Å². The van der Waals surface area contributed by atoms with Crippen LogP contribution in [0.15, 0.2) is 18.2 Å². The molecule has 4 nitrogen and oxygen atoms in total. The number of nitrogens with one attached hydrogen (secondary N) is 1. The number of non-ortho nitro benzene ring substituents is 1. The van der Waals surface area contributed by atoms with E-state index in [0.717, 1.165) is 17.9 Å². The van der Waals surface area contributed by atoms with Crippen molar-refractivity contribution >= 4 is 23.1 Å². The Balaban J connectivity index is 3.03. The van der Waals surface area contributed by atoms with E-state index in [1.807, 2.05) is 6.92 Å². The summed E-state index contributed by atoms with van der Waals surface area (Å²) in [6.45, 7) is 3.73. The van der Waals surface area contributed by atoms with Crippen LogP contribution < -0.4 is 5.32 Å². The quantitative estimate of drug-likeness (QED) is 0.633. The van der Waals surface area contributed by atoms with Gasteiger partial charge in [0.2, 0.25) is 0 Å². The van der Waals surface area contributed by atoms with Gasteiger partial charge in [0.1, 0.15) is 0 Å². The number of nitrogens with zero attached hydrogens (tertiary/aromatic N) is 1. The zero-order valence-electron chi connectivity index (χ0n) is 11.0. The molecule has 112 valence electrons. The van der Waals surface area contributed by atoms with Crippen molar-refractivity contribution in [1.29, 1.82) is 0 Å². The fourth-order valence-corrected chi connectivity index (χ4v) is 2.28. The highest BCUT2D eigenvalue weighted by atomic mass is 32.2. The normalized spacial score (nSPS) is 13.1. The summed E-state index contributed by atoms with van der Waals surface area (Å²) >= 11 is 1.60. The molecule has 1 aromatic rings. The minimum absolute atomic E-state index is 0.132. The number of halogens is 3. The lowest BCUT2D eigenvalue weighted by Crippen LogP contribution is -2.21. The Bertz CT molecular complexity index is 480. The third-order valence-corrected chi connectivity index (χ3v) is 3.64. The zero-order valence-corrected chi connectivity index (χ0v) is 11.8. The van der Waals surface area contributed by atoms with Crippen LogP contribution in [0.4, 0.5) is 24.5 Å². The molecule has 0 spiro atoms. The van der Waals surface area contributed by atoms with E-state index in [4.69, 9.17) is 0 Å². The van der Waals surface area contributed by atoms with Crippen molar-refractivity contribution in [2.24, 2.45) is 0 Å². The first-order valence-corrected chi connectivity index (χ1v) is 7.11. The first kappa shape index (κ1) is 16.6. The Morgan fingerprint density at radius 1 is 1.45 bits per heavy atom. The lowest BCUT2D eigenvalue weighted by Gasteiger charge is -2.18. The van der Waals surface area contributed by atoms with Crippen LogP contribution in [0.1, 0.15) is 19.4 Å². The first-order chi connectivity index (χ1) is 9.25. The van der Waals surface area contributed by atoms with Crippen LogP contribution in [0, 0.1) is 10.1 Å². The molecule has 1 unspecified atom stereocenters. The van der Waals surface area contributed by atoms with Crippen molar-refractivity contribution in [2.75, 3.05) is 16.8 Å². The second-order valence-electron chi connectivity index (χ2n) is 4.19.